The number of aliphatic hydroxyl groups is 2. The van der Waals surface area contributed by atoms with Crippen LogP contribution in [0.3, 0.4) is 0 Å². The molecule has 0 radical (unpaired) electrons. The molecule has 0 fully saturated rings. The highest BCUT2D eigenvalue weighted by Gasteiger charge is 2.29. The van der Waals surface area contributed by atoms with Crippen molar-refractivity contribution in [2.45, 2.75) is 18.8 Å². The Morgan fingerprint density at radius 1 is 1.21 bits per heavy atom. The van der Waals surface area contributed by atoms with Crippen molar-refractivity contribution < 1.29 is 28.1 Å². The molecule has 0 aliphatic carbocycles. The zero-order chi connectivity index (χ0) is 11.2. The Balaban J connectivity index is 3.63. The van der Waals surface area contributed by atoms with Crippen molar-refractivity contribution in [3.8, 4) is 0 Å². The van der Waals surface area contributed by atoms with Crippen LogP contribution in [0.15, 0.2) is 0 Å². The van der Waals surface area contributed by atoms with E-state index in [0.717, 1.165) is 0 Å². The lowest BCUT2D eigenvalue weighted by Crippen LogP contribution is -2.50. The lowest BCUT2D eigenvalue weighted by atomic mass is 10.1. The van der Waals surface area contributed by atoms with Crippen LogP contribution in [-0.4, -0.2) is 48.5 Å². The number of rotatable bonds is 6. The molecule has 4 nitrogen and oxygen atoms in total. The first kappa shape index (κ1) is 13.6. The van der Waals surface area contributed by atoms with Gasteiger partial charge < -0.3 is 15.5 Å². The van der Waals surface area contributed by atoms with E-state index in [0.29, 0.717) is 0 Å². The van der Waals surface area contributed by atoms with E-state index in [9.17, 15) is 13.2 Å². The van der Waals surface area contributed by atoms with E-state index in [2.05, 4.69) is 10.1 Å². The molecule has 0 rings (SSSR count). The molecule has 0 atom stereocenters. The molecule has 86 valence electrons. The molecule has 0 heterocycles. The van der Waals surface area contributed by atoms with Gasteiger partial charge in [-0.1, -0.05) is 0 Å². The molecule has 0 aromatic heterocycles. The molecule has 0 amide bonds. The van der Waals surface area contributed by atoms with Gasteiger partial charge in [0, 0.05) is 6.54 Å². The first-order chi connectivity index (χ1) is 6.33. The van der Waals surface area contributed by atoms with Crippen molar-refractivity contribution in [2.24, 2.45) is 0 Å². The summed E-state index contributed by atoms with van der Waals surface area (Å²) >= 11 is 0. The van der Waals surface area contributed by atoms with Crippen LogP contribution in [0.25, 0.3) is 0 Å². The number of aliphatic hydroxyl groups excluding tert-OH is 2. The van der Waals surface area contributed by atoms with Gasteiger partial charge in [-0.3, -0.25) is 4.74 Å². The highest BCUT2D eigenvalue weighted by molar-refractivity contribution is 4.80. The smallest absolute Gasteiger partial charge is 0.394 e. The number of nitrogens with one attached hydrogen (secondary N) is 1. The molecular weight excluding hydrogens is 203 g/mol. The Bertz CT molecular complexity index is 159. The molecule has 0 unspecified atom stereocenters. The molecule has 14 heavy (non-hydrogen) atoms. The molecule has 0 spiro atoms. The van der Waals surface area contributed by atoms with E-state index in [4.69, 9.17) is 10.2 Å². The lowest BCUT2D eigenvalue weighted by Gasteiger charge is -2.26. The van der Waals surface area contributed by atoms with Gasteiger partial charge in [0.1, 0.15) is 0 Å². The van der Waals surface area contributed by atoms with E-state index < -0.39 is 18.5 Å². The number of ether oxygens (including phenoxy) is 1. The largest absolute Gasteiger partial charge is 0.522 e. The predicted octanol–water partition coefficient (Wildman–Crippen LogP) is -0.144. The van der Waals surface area contributed by atoms with Gasteiger partial charge in [0.25, 0.3) is 0 Å². The Kier molecular flexibility index (Phi) is 5.35. The van der Waals surface area contributed by atoms with Crippen molar-refractivity contribution in [2.75, 3.05) is 26.4 Å². The van der Waals surface area contributed by atoms with Gasteiger partial charge in [0.15, 0.2) is 0 Å². The van der Waals surface area contributed by atoms with E-state index >= 15 is 0 Å². The molecule has 3 N–H and O–H groups in total. The van der Waals surface area contributed by atoms with E-state index in [1.54, 1.807) is 0 Å². The third-order valence-corrected chi connectivity index (χ3v) is 1.62. The quantitative estimate of drug-likeness (QED) is 0.542. The van der Waals surface area contributed by atoms with Crippen LogP contribution in [0.4, 0.5) is 13.2 Å². The normalized spacial score (nSPS) is 13.3. The fourth-order valence-corrected chi connectivity index (χ4v) is 0.681. The van der Waals surface area contributed by atoms with E-state index in [-0.39, 0.29) is 19.8 Å². The summed E-state index contributed by atoms with van der Waals surface area (Å²) in [5.41, 5.74) is -0.977. The highest BCUT2D eigenvalue weighted by Crippen LogP contribution is 2.15. The van der Waals surface area contributed by atoms with Crippen molar-refractivity contribution in [1.82, 2.24) is 5.32 Å². The van der Waals surface area contributed by atoms with Gasteiger partial charge in [-0.25, -0.2) is 0 Å². The first-order valence-corrected chi connectivity index (χ1v) is 4.00. The summed E-state index contributed by atoms with van der Waals surface area (Å²) in [6, 6.07) is 0. The van der Waals surface area contributed by atoms with Crippen molar-refractivity contribution in [3.05, 3.63) is 0 Å². The molecule has 0 bridgehead atoms. The van der Waals surface area contributed by atoms with Crippen molar-refractivity contribution >= 4 is 0 Å². The second kappa shape index (κ2) is 5.50. The van der Waals surface area contributed by atoms with Crippen LogP contribution in [0.5, 0.6) is 0 Å². The average molecular weight is 217 g/mol. The number of halogens is 3. The van der Waals surface area contributed by atoms with Crippen LogP contribution in [0, 0.1) is 0 Å². The Morgan fingerprint density at radius 2 is 1.71 bits per heavy atom. The maximum Gasteiger partial charge on any atom is 0.522 e. The Hall–Kier alpha value is -0.370. The SMILES string of the molecule is CC(CO)(CO)NCCOC(F)(F)F. The molecule has 0 saturated carbocycles. The monoisotopic (exact) mass is 217 g/mol. The Morgan fingerprint density at radius 3 is 2.07 bits per heavy atom. The van der Waals surface area contributed by atoms with Gasteiger partial charge >= 0.3 is 6.36 Å². The zero-order valence-corrected chi connectivity index (χ0v) is 7.76. The number of hydrogen-bond donors (Lipinski definition) is 3. The summed E-state index contributed by atoms with van der Waals surface area (Å²) in [6.07, 6.45) is -4.64. The van der Waals surface area contributed by atoms with Crippen LogP contribution < -0.4 is 5.32 Å². The van der Waals surface area contributed by atoms with Crippen LogP contribution in [0.1, 0.15) is 6.92 Å². The minimum Gasteiger partial charge on any atom is -0.394 e. The maximum absolute atomic E-state index is 11.5. The second-order valence-corrected chi connectivity index (χ2v) is 3.10. The van der Waals surface area contributed by atoms with Gasteiger partial charge in [0.05, 0.1) is 25.4 Å². The third-order valence-electron chi connectivity index (χ3n) is 1.62. The summed E-state index contributed by atoms with van der Waals surface area (Å²) in [6.45, 7) is 0.0991. The fourth-order valence-electron chi connectivity index (χ4n) is 0.681. The van der Waals surface area contributed by atoms with Crippen LogP contribution in [-0.2, 0) is 4.74 Å². The predicted molar refractivity (Wildman–Crippen MR) is 42.6 cm³/mol. The molecule has 0 aliphatic heterocycles. The summed E-state index contributed by atoms with van der Waals surface area (Å²) in [5, 5.41) is 20.1. The van der Waals surface area contributed by atoms with Gasteiger partial charge in [0.2, 0.25) is 0 Å². The van der Waals surface area contributed by atoms with Crippen molar-refractivity contribution in [3.63, 3.8) is 0 Å². The third kappa shape index (κ3) is 6.14. The van der Waals surface area contributed by atoms with E-state index in [1.165, 1.54) is 6.92 Å². The fraction of sp³-hybridized carbons (Fsp3) is 1.00. The van der Waals surface area contributed by atoms with Gasteiger partial charge in [-0.05, 0) is 6.92 Å². The average Bonchev–Trinajstić information content (AvgIpc) is 2.11. The molecule has 0 aliphatic rings. The lowest BCUT2D eigenvalue weighted by molar-refractivity contribution is -0.323. The second-order valence-electron chi connectivity index (χ2n) is 3.10. The van der Waals surface area contributed by atoms with Gasteiger partial charge in [-0.2, -0.15) is 0 Å². The highest BCUT2D eigenvalue weighted by atomic mass is 19.4. The minimum atomic E-state index is -4.64. The summed E-state index contributed by atoms with van der Waals surface area (Å²) in [7, 11) is 0. The molecule has 0 aromatic carbocycles. The molecular formula is C7H14F3NO3. The van der Waals surface area contributed by atoms with Gasteiger partial charge in [-0.15, -0.1) is 13.2 Å². The molecule has 0 aromatic rings. The molecule has 7 heteroatoms. The number of alkyl halides is 3. The van der Waals surface area contributed by atoms with Crippen LogP contribution >= 0.6 is 0 Å². The summed E-state index contributed by atoms with van der Waals surface area (Å²) < 4.78 is 38.0. The summed E-state index contributed by atoms with van der Waals surface area (Å²) in [5.74, 6) is 0. The standard InChI is InChI=1S/C7H14F3NO3/c1-6(4-12,5-13)11-2-3-14-7(8,9)10/h11-13H,2-5H2,1H3. The number of hydrogen-bond acceptors (Lipinski definition) is 4. The maximum atomic E-state index is 11.5. The topological polar surface area (TPSA) is 61.7 Å². The molecule has 0 saturated heterocycles. The van der Waals surface area contributed by atoms with E-state index in [1.807, 2.05) is 0 Å². The first-order valence-electron chi connectivity index (χ1n) is 4.00. The Labute approximate surface area is 79.7 Å². The zero-order valence-electron chi connectivity index (χ0n) is 7.76. The van der Waals surface area contributed by atoms with Crippen LogP contribution in [0.2, 0.25) is 0 Å². The minimum absolute atomic E-state index is 0.100. The summed E-state index contributed by atoms with van der Waals surface area (Å²) in [4.78, 5) is 0. The van der Waals surface area contributed by atoms with Crippen molar-refractivity contribution in [1.29, 1.82) is 0 Å².